The van der Waals surface area contributed by atoms with Gasteiger partial charge in [0.15, 0.2) is 0 Å². The van der Waals surface area contributed by atoms with Crippen LogP contribution in [-0.4, -0.2) is 17.7 Å². The van der Waals surface area contributed by atoms with Gasteiger partial charge in [-0.1, -0.05) is 73.5 Å². The Morgan fingerprint density at radius 1 is 0.750 bits per heavy atom. The quantitative estimate of drug-likeness (QED) is 0.415. The van der Waals surface area contributed by atoms with Gasteiger partial charge in [-0.05, 0) is 47.2 Å². The van der Waals surface area contributed by atoms with Crippen molar-refractivity contribution >= 4 is 16.7 Å². The topological polar surface area (TPSA) is 46.5 Å². The first-order valence-electron chi connectivity index (χ1n) is 10.1. The predicted molar refractivity (Wildman–Crippen MR) is 114 cm³/mol. The van der Waals surface area contributed by atoms with Crippen LogP contribution in [0.4, 0.5) is 0 Å². The summed E-state index contributed by atoms with van der Waals surface area (Å²) in [4.78, 5) is 10.6. The SMILES string of the molecule is O=C(O)CCCCCCc1ccccc1OCCc1cccc2ccccc12. The zero-order valence-corrected chi connectivity index (χ0v) is 16.3. The molecule has 0 atom stereocenters. The summed E-state index contributed by atoms with van der Waals surface area (Å²) in [7, 11) is 0. The molecule has 146 valence electrons. The average Bonchev–Trinajstić information content (AvgIpc) is 2.71. The second-order valence-corrected chi connectivity index (χ2v) is 7.15. The lowest BCUT2D eigenvalue weighted by atomic mass is 10.0. The number of carboxylic acid groups (broad SMARTS) is 1. The molecule has 0 radical (unpaired) electrons. The first kappa shape index (κ1) is 19.9. The smallest absolute Gasteiger partial charge is 0.303 e. The minimum atomic E-state index is -0.704. The number of unbranched alkanes of at least 4 members (excludes halogenated alkanes) is 3. The number of aryl methyl sites for hydroxylation is 1. The molecule has 3 heteroatoms. The summed E-state index contributed by atoms with van der Waals surface area (Å²) < 4.78 is 6.12. The number of benzene rings is 3. The molecule has 3 aromatic carbocycles. The highest BCUT2D eigenvalue weighted by Gasteiger charge is 2.05. The van der Waals surface area contributed by atoms with E-state index in [1.807, 2.05) is 12.1 Å². The molecule has 0 aliphatic carbocycles. The first-order chi connectivity index (χ1) is 13.7. The number of rotatable bonds is 11. The van der Waals surface area contributed by atoms with E-state index in [4.69, 9.17) is 9.84 Å². The van der Waals surface area contributed by atoms with Crippen LogP contribution in [0.2, 0.25) is 0 Å². The fourth-order valence-electron chi connectivity index (χ4n) is 3.58. The summed E-state index contributed by atoms with van der Waals surface area (Å²) in [6.07, 6.45) is 5.96. The molecule has 0 fully saturated rings. The molecule has 28 heavy (non-hydrogen) atoms. The molecule has 0 saturated carbocycles. The maximum atomic E-state index is 10.6. The lowest BCUT2D eigenvalue weighted by Crippen LogP contribution is -2.04. The molecule has 3 aromatic rings. The van der Waals surface area contributed by atoms with Gasteiger partial charge in [-0.25, -0.2) is 0 Å². The third-order valence-corrected chi connectivity index (χ3v) is 5.07. The van der Waals surface area contributed by atoms with Gasteiger partial charge in [0, 0.05) is 12.8 Å². The normalized spacial score (nSPS) is 10.9. The second kappa shape index (κ2) is 10.5. The van der Waals surface area contributed by atoms with E-state index in [0.29, 0.717) is 6.61 Å². The highest BCUT2D eigenvalue weighted by molar-refractivity contribution is 5.85. The van der Waals surface area contributed by atoms with E-state index in [1.54, 1.807) is 0 Å². The van der Waals surface area contributed by atoms with E-state index in [2.05, 4.69) is 54.6 Å². The van der Waals surface area contributed by atoms with Gasteiger partial charge in [0.25, 0.3) is 0 Å². The number of hydrogen-bond acceptors (Lipinski definition) is 2. The Morgan fingerprint density at radius 3 is 2.36 bits per heavy atom. The first-order valence-corrected chi connectivity index (χ1v) is 10.1. The highest BCUT2D eigenvalue weighted by atomic mass is 16.5. The molecule has 1 N–H and O–H groups in total. The van der Waals surface area contributed by atoms with Crippen LogP contribution in [-0.2, 0) is 17.6 Å². The van der Waals surface area contributed by atoms with Gasteiger partial charge in [0.05, 0.1) is 6.61 Å². The summed E-state index contributed by atoms with van der Waals surface area (Å²) in [5, 5.41) is 11.3. The minimum absolute atomic E-state index is 0.272. The Hall–Kier alpha value is -2.81. The standard InChI is InChI=1S/C25H28O3/c26-25(27)17-4-2-1-3-11-22-12-6-8-16-24(22)28-19-18-21-14-9-13-20-10-5-7-15-23(20)21/h5-10,12-16H,1-4,11,17-19H2,(H,26,27). The van der Waals surface area contributed by atoms with E-state index in [0.717, 1.165) is 44.3 Å². The Labute approximate surface area is 167 Å². The molecule has 3 nitrogen and oxygen atoms in total. The second-order valence-electron chi connectivity index (χ2n) is 7.15. The van der Waals surface area contributed by atoms with Crippen LogP contribution < -0.4 is 4.74 Å². The number of para-hydroxylation sites is 1. The van der Waals surface area contributed by atoms with Crippen molar-refractivity contribution in [2.75, 3.05) is 6.61 Å². The highest BCUT2D eigenvalue weighted by Crippen LogP contribution is 2.23. The van der Waals surface area contributed by atoms with Crippen molar-refractivity contribution in [3.63, 3.8) is 0 Å². The molecule has 0 unspecified atom stereocenters. The molecule has 0 bridgehead atoms. The lowest BCUT2D eigenvalue weighted by molar-refractivity contribution is -0.137. The van der Waals surface area contributed by atoms with Crippen LogP contribution in [0.5, 0.6) is 5.75 Å². The van der Waals surface area contributed by atoms with Crippen molar-refractivity contribution in [3.8, 4) is 5.75 Å². The van der Waals surface area contributed by atoms with E-state index < -0.39 is 5.97 Å². The van der Waals surface area contributed by atoms with Crippen LogP contribution in [0.3, 0.4) is 0 Å². The molecule has 0 heterocycles. The number of fused-ring (bicyclic) bond motifs is 1. The maximum absolute atomic E-state index is 10.6. The van der Waals surface area contributed by atoms with E-state index in [1.165, 1.54) is 21.9 Å². The number of carbonyl (C=O) groups is 1. The van der Waals surface area contributed by atoms with Crippen LogP contribution in [0, 0.1) is 0 Å². The van der Waals surface area contributed by atoms with Gasteiger partial charge < -0.3 is 9.84 Å². The fraction of sp³-hybridized carbons (Fsp3) is 0.320. The number of ether oxygens (including phenoxy) is 1. The van der Waals surface area contributed by atoms with Crippen molar-refractivity contribution in [1.29, 1.82) is 0 Å². The Morgan fingerprint density at radius 2 is 1.46 bits per heavy atom. The summed E-state index contributed by atoms with van der Waals surface area (Å²) in [5.74, 6) is 0.262. The minimum Gasteiger partial charge on any atom is -0.493 e. The Balaban J connectivity index is 1.50. The predicted octanol–water partition coefficient (Wildman–Crippen LogP) is 6.04. The molecule has 0 spiro atoms. The molecule has 0 aliphatic rings. The molecular formula is C25H28O3. The van der Waals surface area contributed by atoms with E-state index in [-0.39, 0.29) is 6.42 Å². The molecule has 0 saturated heterocycles. The van der Waals surface area contributed by atoms with Crippen molar-refractivity contribution in [2.45, 2.75) is 44.9 Å². The summed E-state index contributed by atoms with van der Waals surface area (Å²) >= 11 is 0. The van der Waals surface area contributed by atoms with Crippen molar-refractivity contribution in [2.24, 2.45) is 0 Å². The van der Waals surface area contributed by atoms with E-state index >= 15 is 0 Å². The van der Waals surface area contributed by atoms with Gasteiger partial charge in [-0.15, -0.1) is 0 Å². The van der Waals surface area contributed by atoms with Crippen LogP contribution in [0.25, 0.3) is 10.8 Å². The zero-order chi connectivity index (χ0) is 19.6. The number of carboxylic acids is 1. The summed E-state index contributed by atoms with van der Waals surface area (Å²) in [6.45, 7) is 0.656. The average molecular weight is 376 g/mol. The lowest BCUT2D eigenvalue weighted by Gasteiger charge is -2.12. The van der Waals surface area contributed by atoms with Crippen molar-refractivity contribution in [3.05, 3.63) is 77.9 Å². The third-order valence-electron chi connectivity index (χ3n) is 5.07. The summed E-state index contributed by atoms with van der Waals surface area (Å²) in [5.41, 5.74) is 2.55. The molecule has 3 rings (SSSR count). The maximum Gasteiger partial charge on any atom is 0.303 e. The Bertz CT molecular complexity index is 896. The molecule has 0 amide bonds. The van der Waals surface area contributed by atoms with Gasteiger partial charge >= 0.3 is 5.97 Å². The summed E-state index contributed by atoms with van der Waals surface area (Å²) in [6, 6.07) is 23.1. The van der Waals surface area contributed by atoms with Gasteiger partial charge in [0.2, 0.25) is 0 Å². The monoisotopic (exact) mass is 376 g/mol. The van der Waals surface area contributed by atoms with Crippen LogP contribution in [0.15, 0.2) is 66.7 Å². The van der Waals surface area contributed by atoms with E-state index in [9.17, 15) is 4.79 Å². The molecule has 0 aliphatic heterocycles. The van der Waals surface area contributed by atoms with Gasteiger partial charge in [-0.2, -0.15) is 0 Å². The van der Waals surface area contributed by atoms with Gasteiger partial charge in [-0.3, -0.25) is 4.79 Å². The van der Waals surface area contributed by atoms with Crippen molar-refractivity contribution in [1.82, 2.24) is 0 Å². The van der Waals surface area contributed by atoms with Crippen molar-refractivity contribution < 1.29 is 14.6 Å². The van der Waals surface area contributed by atoms with Crippen LogP contribution in [0.1, 0.15) is 43.2 Å². The fourth-order valence-corrected chi connectivity index (χ4v) is 3.58. The molecular weight excluding hydrogens is 348 g/mol. The van der Waals surface area contributed by atoms with Crippen LogP contribution >= 0.6 is 0 Å². The van der Waals surface area contributed by atoms with Gasteiger partial charge in [0.1, 0.15) is 5.75 Å². The largest absolute Gasteiger partial charge is 0.493 e. The third kappa shape index (κ3) is 5.85. The zero-order valence-electron chi connectivity index (χ0n) is 16.3. The Kier molecular flexibility index (Phi) is 7.48. The number of hydrogen-bond donors (Lipinski definition) is 1. The number of aliphatic carboxylic acids is 1. The molecule has 0 aromatic heterocycles.